The summed E-state index contributed by atoms with van der Waals surface area (Å²) in [6.45, 7) is 0.446. The first kappa shape index (κ1) is 23.0. The van der Waals surface area contributed by atoms with Gasteiger partial charge in [-0.05, 0) is 87.2 Å². The molecule has 8 heteroatoms. The van der Waals surface area contributed by atoms with Gasteiger partial charge in [-0.15, -0.1) is 0 Å². The van der Waals surface area contributed by atoms with Crippen molar-refractivity contribution in [3.8, 4) is 5.75 Å². The van der Waals surface area contributed by atoms with Crippen LogP contribution in [0.4, 0.5) is 5.69 Å². The summed E-state index contributed by atoms with van der Waals surface area (Å²) >= 11 is 17.4. The molecule has 1 aliphatic rings. The second-order valence-corrected chi connectivity index (χ2v) is 11.1. The number of benzene rings is 3. The monoisotopic (exact) mass is 689 g/mol. The molecule has 3 nitrogen and oxygen atoms in total. The van der Waals surface area contributed by atoms with Crippen molar-refractivity contribution in [2.24, 2.45) is 0 Å². The van der Waals surface area contributed by atoms with E-state index in [1.54, 1.807) is 18.2 Å². The Morgan fingerprint density at radius 1 is 1.06 bits per heavy atom. The number of rotatable bonds is 5. The van der Waals surface area contributed by atoms with Crippen LogP contribution in [0.5, 0.6) is 5.75 Å². The Labute approximate surface area is 222 Å². The molecule has 0 N–H and O–H groups in total. The zero-order valence-corrected chi connectivity index (χ0v) is 22.6. The van der Waals surface area contributed by atoms with Gasteiger partial charge in [-0.25, -0.2) is 0 Å². The fourth-order valence-electron chi connectivity index (χ4n) is 3.02. The molecule has 0 bridgehead atoms. The number of hydrogen-bond acceptors (Lipinski definition) is 4. The smallest absolute Gasteiger partial charge is 0.270 e. The number of hydrogen-bond donors (Lipinski definition) is 0. The molecule has 31 heavy (non-hydrogen) atoms. The van der Waals surface area contributed by atoms with E-state index < -0.39 is 0 Å². The van der Waals surface area contributed by atoms with Crippen LogP contribution >= 0.6 is 80.8 Å². The van der Waals surface area contributed by atoms with Crippen molar-refractivity contribution < 1.29 is 9.53 Å². The van der Waals surface area contributed by atoms with Gasteiger partial charge < -0.3 is 4.74 Å². The van der Waals surface area contributed by atoms with Gasteiger partial charge in [-0.2, -0.15) is 0 Å². The highest BCUT2D eigenvalue weighted by molar-refractivity contribution is 14.1. The molecule has 0 aliphatic carbocycles. The van der Waals surface area contributed by atoms with Gasteiger partial charge in [-0.1, -0.05) is 72.0 Å². The molecule has 3 aromatic rings. The molecule has 0 aromatic heterocycles. The van der Waals surface area contributed by atoms with Crippen molar-refractivity contribution in [1.82, 2.24) is 0 Å². The second-order valence-electron chi connectivity index (χ2n) is 6.58. The van der Waals surface area contributed by atoms with E-state index in [2.05, 4.69) is 51.2 Å². The number of halogens is 3. The van der Waals surface area contributed by atoms with E-state index in [0.717, 1.165) is 24.0 Å². The minimum Gasteiger partial charge on any atom is -0.487 e. The fraction of sp³-hybridized carbons (Fsp3) is 0.0435. The van der Waals surface area contributed by atoms with Crippen LogP contribution in [-0.4, -0.2) is 10.2 Å². The van der Waals surface area contributed by atoms with Gasteiger partial charge >= 0.3 is 0 Å². The molecule has 1 amide bonds. The van der Waals surface area contributed by atoms with Crippen molar-refractivity contribution in [1.29, 1.82) is 0 Å². The summed E-state index contributed by atoms with van der Waals surface area (Å²) in [5, 5.41) is 0.555. The van der Waals surface area contributed by atoms with Crippen LogP contribution in [0.25, 0.3) is 6.08 Å². The largest absolute Gasteiger partial charge is 0.487 e. The number of carbonyl (C=O) groups is 1. The summed E-state index contributed by atoms with van der Waals surface area (Å²) < 4.78 is 8.69. The van der Waals surface area contributed by atoms with Crippen LogP contribution in [0.3, 0.4) is 0 Å². The average molecular weight is 690 g/mol. The number of nitrogens with zero attached hydrogens (tertiary/aromatic N) is 1. The molecule has 0 saturated carbocycles. The van der Waals surface area contributed by atoms with Gasteiger partial charge in [-0.3, -0.25) is 9.69 Å². The zero-order chi connectivity index (χ0) is 22.0. The van der Waals surface area contributed by atoms with Crippen LogP contribution in [0.15, 0.2) is 71.6 Å². The lowest BCUT2D eigenvalue weighted by atomic mass is 10.1. The number of thioether (sulfide) groups is 1. The van der Waals surface area contributed by atoms with Crippen molar-refractivity contribution in [3.05, 3.63) is 94.9 Å². The lowest BCUT2D eigenvalue weighted by molar-refractivity contribution is -0.113. The van der Waals surface area contributed by atoms with Crippen molar-refractivity contribution in [2.45, 2.75) is 6.61 Å². The van der Waals surface area contributed by atoms with E-state index in [4.69, 9.17) is 28.6 Å². The summed E-state index contributed by atoms with van der Waals surface area (Å²) in [7, 11) is 0. The van der Waals surface area contributed by atoms with Gasteiger partial charge in [0, 0.05) is 14.2 Å². The minimum atomic E-state index is -0.167. The number of anilines is 1. The normalized spacial score (nSPS) is 15.1. The van der Waals surface area contributed by atoms with Gasteiger partial charge in [0.1, 0.15) is 12.4 Å². The highest BCUT2D eigenvalue weighted by Crippen LogP contribution is 2.39. The second kappa shape index (κ2) is 10.2. The van der Waals surface area contributed by atoms with E-state index >= 15 is 0 Å². The Balaban J connectivity index is 1.66. The summed E-state index contributed by atoms with van der Waals surface area (Å²) in [6.07, 6.45) is 1.86. The lowest BCUT2D eigenvalue weighted by Gasteiger charge is -2.15. The Kier molecular flexibility index (Phi) is 7.58. The van der Waals surface area contributed by atoms with Crippen molar-refractivity contribution in [3.63, 3.8) is 0 Å². The van der Waals surface area contributed by atoms with Crippen LogP contribution in [-0.2, 0) is 11.4 Å². The predicted octanol–water partition coefficient (Wildman–Crippen LogP) is 7.53. The summed E-state index contributed by atoms with van der Waals surface area (Å²) in [5.74, 6) is 0.582. The Morgan fingerprint density at radius 3 is 2.58 bits per heavy atom. The molecule has 1 fully saturated rings. The van der Waals surface area contributed by atoms with Crippen LogP contribution < -0.4 is 9.64 Å². The number of ether oxygens (including phenoxy) is 1. The molecule has 1 aliphatic heterocycles. The van der Waals surface area contributed by atoms with E-state index in [9.17, 15) is 4.79 Å². The van der Waals surface area contributed by atoms with Gasteiger partial charge in [0.15, 0.2) is 4.32 Å². The van der Waals surface area contributed by atoms with E-state index in [1.807, 2.05) is 48.5 Å². The quantitative estimate of drug-likeness (QED) is 0.158. The summed E-state index contributed by atoms with van der Waals surface area (Å²) in [5.41, 5.74) is 2.59. The van der Waals surface area contributed by atoms with Gasteiger partial charge in [0.05, 0.1) is 14.2 Å². The Morgan fingerprint density at radius 2 is 1.84 bits per heavy atom. The first-order chi connectivity index (χ1) is 14.9. The highest BCUT2D eigenvalue weighted by Gasteiger charge is 2.33. The summed E-state index contributed by atoms with van der Waals surface area (Å²) in [6, 6.07) is 21.2. The standard InChI is InChI=1S/C23H14ClI2NO2S2/c24-16-7-4-8-18(11-16)27-22(28)20(31-23(27)30)10-15-9-17(25)12-19(26)21(15)29-13-14-5-2-1-3-6-14/h1-12H,13H2/b20-10-. The Bertz CT molecular complexity index is 1200. The lowest BCUT2D eigenvalue weighted by Crippen LogP contribution is -2.27. The third-order valence-corrected chi connectivity index (χ3v) is 7.37. The molecule has 0 spiro atoms. The van der Waals surface area contributed by atoms with E-state index in [-0.39, 0.29) is 5.91 Å². The molecule has 1 saturated heterocycles. The van der Waals surface area contributed by atoms with Gasteiger partial charge in [0.2, 0.25) is 0 Å². The third-order valence-electron chi connectivity index (χ3n) is 4.41. The maximum Gasteiger partial charge on any atom is 0.270 e. The SMILES string of the molecule is O=C1/C(=C/c2cc(I)cc(I)c2OCc2ccccc2)SC(=S)N1c1cccc(Cl)c1. The fourth-order valence-corrected chi connectivity index (χ4v) is 6.54. The predicted molar refractivity (Wildman–Crippen MR) is 150 cm³/mol. The first-order valence-electron chi connectivity index (χ1n) is 9.11. The van der Waals surface area contributed by atoms with Crippen LogP contribution in [0, 0.1) is 7.14 Å². The van der Waals surface area contributed by atoms with Crippen LogP contribution in [0.2, 0.25) is 5.02 Å². The molecule has 1 heterocycles. The Hall–Kier alpha value is -1.14. The molecule has 156 valence electrons. The topological polar surface area (TPSA) is 29.5 Å². The molecule has 0 unspecified atom stereocenters. The number of carbonyl (C=O) groups excluding carboxylic acids is 1. The average Bonchev–Trinajstić information content (AvgIpc) is 3.01. The maximum atomic E-state index is 13.2. The zero-order valence-electron chi connectivity index (χ0n) is 15.8. The van der Waals surface area contributed by atoms with Gasteiger partial charge in [0.25, 0.3) is 5.91 Å². The highest BCUT2D eigenvalue weighted by atomic mass is 127. The molecule has 4 rings (SSSR count). The third kappa shape index (κ3) is 5.44. The molecular weight excluding hydrogens is 676 g/mol. The van der Waals surface area contributed by atoms with Crippen molar-refractivity contribution >= 4 is 103 Å². The van der Waals surface area contributed by atoms with E-state index in [0.29, 0.717) is 26.5 Å². The molecule has 0 atom stereocenters. The molecular formula is C23H14ClI2NO2S2. The van der Waals surface area contributed by atoms with Crippen molar-refractivity contribution in [2.75, 3.05) is 4.90 Å². The number of thiocarbonyl (C=S) groups is 1. The number of amides is 1. The summed E-state index contributed by atoms with van der Waals surface area (Å²) in [4.78, 5) is 15.2. The molecule has 3 aromatic carbocycles. The van der Waals surface area contributed by atoms with Crippen LogP contribution in [0.1, 0.15) is 11.1 Å². The minimum absolute atomic E-state index is 0.167. The molecule has 0 radical (unpaired) electrons. The van der Waals surface area contributed by atoms with E-state index in [1.165, 1.54) is 16.7 Å². The first-order valence-corrected chi connectivity index (χ1v) is 12.9. The maximum absolute atomic E-state index is 13.2.